The second kappa shape index (κ2) is 6.20. The maximum atomic E-state index is 12.8. The van der Waals surface area contributed by atoms with Gasteiger partial charge in [-0.2, -0.15) is 13.2 Å². The van der Waals surface area contributed by atoms with E-state index < -0.39 is 35.2 Å². The van der Waals surface area contributed by atoms with Crippen molar-refractivity contribution in [1.82, 2.24) is 4.98 Å². The summed E-state index contributed by atoms with van der Waals surface area (Å²) in [5.74, 6) is -1.06. The first kappa shape index (κ1) is 17.7. The summed E-state index contributed by atoms with van der Waals surface area (Å²) in [6.07, 6.45) is -5.74. The first-order valence-corrected chi connectivity index (χ1v) is 6.10. The summed E-state index contributed by atoms with van der Waals surface area (Å²) in [5, 5.41) is 2.12. The summed E-state index contributed by atoms with van der Waals surface area (Å²) in [4.78, 5) is 26.1. The highest BCUT2D eigenvalue weighted by Crippen LogP contribution is 2.30. The zero-order chi connectivity index (χ0) is 17.1. The first-order chi connectivity index (χ1) is 9.92. The van der Waals surface area contributed by atoms with Crippen molar-refractivity contribution in [2.24, 2.45) is 0 Å². The fourth-order valence-electron chi connectivity index (χ4n) is 1.38. The normalized spacial score (nSPS) is 11.8. The molecule has 0 aromatic carbocycles. The van der Waals surface area contributed by atoms with Gasteiger partial charge in [0.15, 0.2) is 5.69 Å². The van der Waals surface area contributed by atoms with E-state index in [0.717, 1.165) is 13.2 Å². The van der Waals surface area contributed by atoms with Crippen molar-refractivity contribution in [1.29, 1.82) is 0 Å². The number of rotatable bonds is 2. The Morgan fingerprint density at radius 3 is 2.23 bits per heavy atom. The first-order valence-electron chi connectivity index (χ1n) is 6.10. The molecule has 22 heavy (non-hydrogen) atoms. The number of hydrogen-bond donors (Lipinski definition) is 1. The fraction of sp³-hybridized carbons (Fsp3) is 0.462. The quantitative estimate of drug-likeness (QED) is 0.847. The minimum atomic E-state index is -4.78. The van der Waals surface area contributed by atoms with E-state index in [1.54, 1.807) is 20.8 Å². The van der Waals surface area contributed by atoms with Gasteiger partial charge in [0, 0.05) is 5.69 Å². The van der Waals surface area contributed by atoms with Crippen LogP contribution in [0, 0.1) is 0 Å². The number of ether oxygens (including phenoxy) is 2. The summed E-state index contributed by atoms with van der Waals surface area (Å²) >= 11 is 0. The molecule has 0 radical (unpaired) electrons. The number of amides is 1. The van der Waals surface area contributed by atoms with E-state index in [9.17, 15) is 22.8 Å². The van der Waals surface area contributed by atoms with Crippen LogP contribution in [-0.2, 0) is 15.7 Å². The number of pyridine rings is 1. The van der Waals surface area contributed by atoms with E-state index in [1.165, 1.54) is 0 Å². The lowest BCUT2D eigenvalue weighted by atomic mass is 10.2. The number of aromatic nitrogens is 1. The Morgan fingerprint density at radius 1 is 1.18 bits per heavy atom. The van der Waals surface area contributed by atoms with Gasteiger partial charge in [0.1, 0.15) is 11.3 Å². The topological polar surface area (TPSA) is 77.5 Å². The van der Waals surface area contributed by atoms with Gasteiger partial charge in [0.05, 0.1) is 7.11 Å². The van der Waals surface area contributed by atoms with E-state index in [1.807, 2.05) is 0 Å². The summed E-state index contributed by atoms with van der Waals surface area (Å²) in [6.45, 7) is 4.79. The number of carbonyl (C=O) groups excluding carboxylic acids is 2. The second-order valence-electron chi connectivity index (χ2n) is 5.24. The van der Waals surface area contributed by atoms with Gasteiger partial charge in [0.25, 0.3) is 0 Å². The lowest BCUT2D eigenvalue weighted by Gasteiger charge is -2.20. The largest absolute Gasteiger partial charge is 0.464 e. The Hall–Kier alpha value is -2.32. The zero-order valence-corrected chi connectivity index (χ0v) is 12.4. The number of nitrogens with one attached hydrogen (secondary N) is 1. The predicted molar refractivity (Wildman–Crippen MR) is 70.4 cm³/mol. The smallest absolute Gasteiger partial charge is 0.433 e. The monoisotopic (exact) mass is 320 g/mol. The Kier molecular flexibility index (Phi) is 5.00. The summed E-state index contributed by atoms with van der Waals surface area (Å²) in [7, 11) is 1.01. The van der Waals surface area contributed by atoms with Crippen molar-refractivity contribution in [2.45, 2.75) is 32.5 Å². The number of halogens is 3. The molecule has 0 bridgehead atoms. The van der Waals surface area contributed by atoms with Crippen molar-refractivity contribution in [2.75, 3.05) is 12.4 Å². The molecule has 0 aliphatic carbocycles. The van der Waals surface area contributed by atoms with E-state index >= 15 is 0 Å². The molecule has 1 N–H and O–H groups in total. The van der Waals surface area contributed by atoms with E-state index in [-0.39, 0.29) is 5.69 Å². The van der Waals surface area contributed by atoms with Gasteiger partial charge in [-0.05, 0) is 32.9 Å². The molecule has 1 aromatic heterocycles. The van der Waals surface area contributed by atoms with Crippen LogP contribution in [0.1, 0.15) is 37.0 Å². The van der Waals surface area contributed by atoms with Crippen molar-refractivity contribution in [3.8, 4) is 0 Å². The minimum absolute atomic E-state index is 0.281. The van der Waals surface area contributed by atoms with Crippen LogP contribution in [0.15, 0.2) is 12.1 Å². The maximum Gasteiger partial charge on any atom is 0.433 e. The average Bonchev–Trinajstić information content (AvgIpc) is 2.33. The van der Waals surface area contributed by atoms with E-state index in [4.69, 9.17) is 4.74 Å². The molecule has 1 heterocycles. The molecule has 0 aliphatic heterocycles. The van der Waals surface area contributed by atoms with Crippen LogP contribution in [0.4, 0.5) is 23.7 Å². The Balaban J connectivity index is 3.13. The summed E-state index contributed by atoms with van der Waals surface area (Å²) < 4.78 is 47.6. The number of esters is 1. The van der Waals surface area contributed by atoms with Crippen LogP contribution in [0.2, 0.25) is 0 Å². The van der Waals surface area contributed by atoms with Crippen molar-refractivity contribution < 1.29 is 32.2 Å². The number of anilines is 1. The molecule has 0 unspecified atom stereocenters. The predicted octanol–water partition coefficient (Wildman–Crippen LogP) is 3.23. The standard InChI is InChI=1S/C13H15F3N2O4/c1-12(2,3)22-11(20)17-7-5-8(10(19)21-4)18-9(6-7)13(14,15)16/h5-6H,1-4H3,(H,17,18,20). The van der Waals surface area contributed by atoms with Gasteiger partial charge in [-0.25, -0.2) is 14.6 Å². The third kappa shape index (κ3) is 5.23. The molecule has 0 saturated carbocycles. The van der Waals surface area contributed by atoms with Crippen LogP contribution >= 0.6 is 0 Å². The van der Waals surface area contributed by atoms with Gasteiger partial charge >= 0.3 is 18.2 Å². The highest BCUT2D eigenvalue weighted by atomic mass is 19.4. The lowest BCUT2D eigenvalue weighted by Crippen LogP contribution is -2.27. The van der Waals surface area contributed by atoms with Crippen LogP contribution in [0.25, 0.3) is 0 Å². The molecule has 122 valence electrons. The zero-order valence-electron chi connectivity index (χ0n) is 12.4. The number of nitrogens with zero attached hydrogens (tertiary/aromatic N) is 1. The van der Waals surface area contributed by atoms with Gasteiger partial charge in [-0.3, -0.25) is 5.32 Å². The fourth-order valence-corrected chi connectivity index (χ4v) is 1.38. The number of alkyl halides is 3. The highest BCUT2D eigenvalue weighted by molar-refractivity contribution is 5.91. The highest BCUT2D eigenvalue weighted by Gasteiger charge is 2.34. The van der Waals surface area contributed by atoms with Gasteiger partial charge < -0.3 is 9.47 Å². The lowest BCUT2D eigenvalue weighted by molar-refractivity contribution is -0.141. The number of carbonyl (C=O) groups is 2. The third-order valence-electron chi connectivity index (χ3n) is 2.16. The van der Waals surface area contributed by atoms with E-state index in [0.29, 0.717) is 6.07 Å². The number of methoxy groups -OCH3 is 1. The second-order valence-corrected chi connectivity index (χ2v) is 5.24. The molecule has 0 aliphatic rings. The molecular weight excluding hydrogens is 305 g/mol. The van der Waals surface area contributed by atoms with E-state index in [2.05, 4.69) is 15.0 Å². The molecule has 6 nitrogen and oxygen atoms in total. The Bertz CT molecular complexity index is 580. The molecule has 1 rings (SSSR count). The molecule has 9 heteroatoms. The Morgan fingerprint density at radius 2 is 1.77 bits per heavy atom. The average molecular weight is 320 g/mol. The van der Waals surface area contributed by atoms with Crippen LogP contribution in [0.5, 0.6) is 0 Å². The van der Waals surface area contributed by atoms with Crippen LogP contribution in [-0.4, -0.2) is 29.8 Å². The number of hydrogen-bond acceptors (Lipinski definition) is 5. The van der Waals surface area contributed by atoms with Gasteiger partial charge in [-0.1, -0.05) is 0 Å². The molecular formula is C13H15F3N2O4. The van der Waals surface area contributed by atoms with Crippen molar-refractivity contribution >= 4 is 17.7 Å². The van der Waals surface area contributed by atoms with Crippen LogP contribution in [0.3, 0.4) is 0 Å². The minimum Gasteiger partial charge on any atom is -0.464 e. The Labute approximate surface area is 124 Å². The molecule has 0 spiro atoms. The molecule has 0 atom stereocenters. The molecule has 0 saturated heterocycles. The van der Waals surface area contributed by atoms with Gasteiger partial charge in [-0.15, -0.1) is 0 Å². The SMILES string of the molecule is COC(=O)c1cc(NC(=O)OC(C)(C)C)cc(C(F)(F)F)n1. The molecule has 0 fully saturated rings. The van der Waals surface area contributed by atoms with Crippen molar-refractivity contribution in [3.63, 3.8) is 0 Å². The third-order valence-corrected chi connectivity index (χ3v) is 2.16. The molecule has 1 amide bonds. The van der Waals surface area contributed by atoms with Gasteiger partial charge in [0.2, 0.25) is 0 Å². The molecule has 1 aromatic rings. The summed E-state index contributed by atoms with van der Waals surface area (Å²) in [5.41, 5.74) is -3.02. The summed E-state index contributed by atoms with van der Waals surface area (Å²) in [6, 6.07) is 1.56. The maximum absolute atomic E-state index is 12.8. The van der Waals surface area contributed by atoms with Crippen LogP contribution < -0.4 is 5.32 Å². The van der Waals surface area contributed by atoms with Crippen molar-refractivity contribution in [3.05, 3.63) is 23.5 Å².